The van der Waals surface area contributed by atoms with Crippen molar-refractivity contribution in [3.63, 3.8) is 0 Å². The number of alkyl halides is 1. The van der Waals surface area contributed by atoms with Gasteiger partial charge in [-0.1, -0.05) is 15.9 Å². The van der Waals surface area contributed by atoms with Gasteiger partial charge >= 0.3 is 0 Å². The molecule has 2 fully saturated rings. The monoisotopic (exact) mass is 233 g/mol. The minimum atomic E-state index is 0.00289. The molecule has 2 aliphatic rings. The van der Waals surface area contributed by atoms with Crippen molar-refractivity contribution in [1.82, 2.24) is 4.90 Å². The molecule has 1 aliphatic carbocycles. The highest BCUT2D eigenvalue weighted by molar-refractivity contribution is 9.09. The molecule has 0 radical (unpaired) electrons. The predicted molar refractivity (Wildman–Crippen MR) is 52.4 cm³/mol. The Morgan fingerprint density at radius 2 is 2.33 bits per heavy atom. The molecule has 70 valence electrons. The maximum absolute atomic E-state index is 5.67. The third kappa shape index (κ3) is 0.994. The van der Waals surface area contributed by atoms with Crippen LogP contribution in [-0.4, -0.2) is 36.2 Å². The lowest BCUT2D eigenvalue weighted by Crippen LogP contribution is -2.49. The molecule has 3 heteroatoms. The third-order valence-corrected chi connectivity index (χ3v) is 4.93. The van der Waals surface area contributed by atoms with Gasteiger partial charge in [0.25, 0.3) is 0 Å². The molecule has 0 N–H and O–H groups in total. The lowest BCUT2D eigenvalue weighted by atomic mass is 9.87. The van der Waals surface area contributed by atoms with Gasteiger partial charge in [-0.05, 0) is 32.2 Å². The summed E-state index contributed by atoms with van der Waals surface area (Å²) >= 11 is 3.77. The van der Waals surface area contributed by atoms with Gasteiger partial charge < -0.3 is 4.74 Å². The maximum Gasteiger partial charge on any atom is 0.133 e. The summed E-state index contributed by atoms with van der Waals surface area (Å²) in [6.07, 6.45) is 3.84. The van der Waals surface area contributed by atoms with Crippen LogP contribution >= 0.6 is 15.9 Å². The molecule has 1 saturated carbocycles. The zero-order chi connectivity index (χ0) is 8.77. The molecule has 1 saturated heterocycles. The van der Waals surface area contributed by atoms with Crippen molar-refractivity contribution in [2.24, 2.45) is 5.92 Å². The number of halogens is 1. The molecule has 0 amide bonds. The number of fused-ring (bicyclic) bond motifs is 2. The van der Waals surface area contributed by atoms with Crippen LogP contribution in [0, 0.1) is 5.92 Å². The van der Waals surface area contributed by atoms with Gasteiger partial charge in [-0.3, -0.25) is 4.90 Å². The molecule has 1 aliphatic heterocycles. The first-order valence-electron chi connectivity index (χ1n) is 4.61. The molecule has 3 unspecified atom stereocenters. The van der Waals surface area contributed by atoms with E-state index in [1.54, 1.807) is 0 Å². The van der Waals surface area contributed by atoms with Crippen LogP contribution in [0.15, 0.2) is 0 Å². The zero-order valence-corrected chi connectivity index (χ0v) is 9.30. The Morgan fingerprint density at radius 1 is 1.58 bits per heavy atom. The summed E-state index contributed by atoms with van der Waals surface area (Å²) in [5.41, 5.74) is 0.00289. The molecule has 12 heavy (non-hydrogen) atoms. The van der Waals surface area contributed by atoms with E-state index in [1.165, 1.54) is 25.8 Å². The highest BCUT2D eigenvalue weighted by Crippen LogP contribution is 2.47. The number of hydrogen-bond acceptors (Lipinski definition) is 2. The largest absolute Gasteiger partial charge is 0.362 e. The first-order chi connectivity index (χ1) is 5.70. The fourth-order valence-corrected chi connectivity index (χ4v) is 3.93. The summed E-state index contributed by atoms with van der Waals surface area (Å²) in [7, 11) is 4.00. The quantitative estimate of drug-likeness (QED) is 0.642. The second kappa shape index (κ2) is 2.96. The summed E-state index contributed by atoms with van der Waals surface area (Å²) in [6, 6.07) is 0. The normalized spacial score (nSPS) is 48.2. The maximum atomic E-state index is 5.67. The van der Waals surface area contributed by atoms with E-state index >= 15 is 0 Å². The van der Waals surface area contributed by atoms with Crippen LogP contribution in [0.5, 0.6) is 0 Å². The summed E-state index contributed by atoms with van der Waals surface area (Å²) in [5.74, 6) is 0.795. The van der Waals surface area contributed by atoms with Crippen molar-refractivity contribution in [2.75, 3.05) is 20.7 Å². The van der Waals surface area contributed by atoms with E-state index in [2.05, 4.69) is 27.9 Å². The van der Waals surface area contributed by atoms with Crippen LogP contribution in [-0.2, 0) is 4.74 Å². The minimum Gasteiger partial charge on any atom is -0.362 e. The van der Waals surface area contributed by atoms with Crippen molar-refractivity contribution in [1.29, 1.82) is 0 Å². The molecule has 0 aromatic carbocycles. The van der Waals surface area contributed by atoms with E-state index in [1.807, 2.05) is 7.11 Å². The number of methoxy groups -OCH3 is 1. The molecular weight excluding hydrogens is 218 g/mol. The molecule has 0 aromatic rings. The second-order valence-corrected chi connectivity index (χ2v) is 4.97. The van der Waals surface area contributed by atoms with Crippen LogP contribution in [0.1, 0.15) is 19.3 Å². The first-order valence-corrected chi connectivity index (χ1v) is 5.53. The topological polar surface area (TPSA) is 12.5 Å². The average Bonchev–Trinajstić information content (AvgIpc) is 2.23. The Morgan fingerprint density at radius 3 is 2.92 bits per heavy atom. The fraction of sp³-hybridized carbons (Fsp3) is 1.00. The molecule has 2 rings (SSSR count). The van der Waals surface area contributed by atoms with E-state index < -0.39 is 0 Å². The van der Waals surface area contributed by atoms with Crippen LogP contribution < -0.4 is 0 Å². The molecule has 0 spiro atoms. The molecular formula is C9H16BrNO. The van der Waals surface area contributed by atoms with Crippen molar-refractivity contribution in [3.8, 4) is 0 Å². The third-order valence-electron chi connectivity index (χ3n) is 3.46. The smallest absolute Gasteiger partial charge is 0.133 e. The number of rotatable bonds is 1. The fourth-order valence-electron chi connectivity index (χ4n) is 2.73. The van der Waals surface area contributed by atoms with Gasteiger partial charge in [-0.15, -0.1) is 0 Å². The van der Waals surface area contributed by atoms with Gasteiger partial charge in [-0.2, -0.15) is 0 Å². The van der Waals surface area contributed by atoms with Gasteiger partial charge in [0.2, 0.25) is 0 Å². The summed E-state index contributed by atoms with van der Waals surface area (Å²) < 4.78 is 5.67. The molecule has 2 nitrogen and oxygen atoms in total. The van der Waals surface area contributed by atoms with Gasteiger partial charge in [0.05, 0.1) is 4.83 Å². The van der Waals surface area contributed by atoms with E-state index in [0.717, 1.165) is 5.92 Å². The molecule has 2 bridgehead atoms. The van der Waals surface area contributed by atoms with Gasteiger partial charge in [0.1, 0.15) is 5.72 Å². The van der Waals surface area contributed by atoms with E-state index in [4.69, 9.17) is 4.74 Å². The number of likely N-dealkylation sites (tertiary alicyclic amines) is 1. The predicted octanol–water partition coefficient (Wildman–Crippen LogP) is 1.84. The summed E-state index contributed by atoms with van der Waals surface area (Å²) in [4.78, 5) is 2.90. The summed E-state index contributed by atoms with van der Waals surface area (Å²) in [5, 5.41) is 0. The van der Waals surface area contributed by atoms with Crippen molar-refractivity contribution in [2.45, 2.75) is 29.8 Å². The SMILES string of the molecule is COC12CCCC(CN1C)C2Br. The second-order valence-electron chi connectivity index (χ2n) is 3.98. The van der Waals surface area contributed by atoms with E-state index in [9.17, 15) is 0 Å². The Bertz CT molecular complexity index is 187. The number of hydrogen-bond donors (Lipinski definition) is 0. The summed E-state index contributed by atoms with van der Waals surface area (Å²) in [6.45, 7) is 1.18. The Labute approximate surface area is 82.4 Å². The highest BCUT2D eigenvalue weighted by atomic mass is 79.9. The van der Waals surface area contributed by atoms with Crippen LogP contribution in [0.3, 0.4) is 0 Å². The Kier molecular flexibility index (Phi) is 2.22. The van der Waals surface area contributed by atoms with E-state index in [0.29, 0.717) is 4.83 Å². The van der Waals surface area contributed by atoms with Crippen molar-refractivity contribution >= 4 is 15.9 Å². The zero-order valence-electron chi connectivity index (χ0n) is 7.72. The number of nitrogens with zero attached hydrogens (tertiary/aromatic N) is 1. The lowest BCUT2D eigenvalue weighted by molar-refractivity contribution is -0.106. The minimum absolute atomic E-state index is 0.00289. The van der Waals surface area contributed by atoms with E-state index in [-0.39, 0.29) is 5.72 Å². The number of ether oxygens (including phenoxy) is 1. The molecule has 1 heterocycles. The van der Waals surface area contributed by atoms with Crippen LogP contribution in [0.2, 0.25) is 0 Å². The van der Waals surface area contributed by atoms with Crippen molar-refractivity contribution < 1.29 is 4.74 Å². The molecule has 0 aromatic heterocycles. The Hall–Kier alpha value is 0.400. The van der Waals surface area contributed by atoms with Gasteiger partial charge in [0.15, 0.2) is 0 Å². The highest BCUT2D eigenvalue weighted by Gasteiger charge is 2.53. The first kappa shape index (κ1) is 8.97. The average molecular weight is 234 g/mol. The van der Waals surface area contributed by atoms with Gasteiger partial charge in [-0.25, -0.2) is 0 Å². The van der Waals surface area contributed by atoms with Gasteiger partial charge in [0, 0.05) is 13.7 Å². The van der Waals surface area contributed by atoms with Crippen LogP contribution in [0.4, 0.5) is 0 Å². The lowest BCUT2D eigenvalue weighted by Gasteiger charge is -2.39. The van der Waals surface area contributed by atoms with Crippen LogP contribution in [0.25, 0.3) is 0 Å². The standard InChI is InChI=1S/C9H16BrNO/c1-11-6-7-4-3-5-9(11,12-2)8(7)10/h7-8H,3-6H2,1-2H3. The van der Waals surface area contributed by atoms with Crippen molar-refractivity contribution in [3.05, 3.63) is 0 Å². The molecule has 3 atom stereocenters. The Balaban J connectivity index is 2.27.